The number of aromatic nitrogens is 2. The van der Waals surface area contributed by atoms with Crippen LogP contribution in [0.15, 0.2) is 18.2 Å². The summed E-state index contributed by atoms with van der Waals surface area (Å²) in [6.45, 7) is 2.78. The first-order chi connectivity index (χ1) is 9.52. The number of aliphatic hydroxyl groups excluding tert-OH is 1. The Morgan fingerprint density at radius 3 is 2.90 bits per heavy atom. The smallest absolute Gasteiger partial charge is 0.335 e. The molecule has 2 rings (SSSR count). The number of hydrogen-bond donors (Lipinski definition) is 2. The van der Waals surface area contributed by atoms with Crippen molar-refractivity contribution in [1.29, 1.82) is 0 Å². The minimum absolute atomic E-state index is 0.224. The Labute approximate surface area is 116 Å². The first kappa shape index (κ1) is 14.5. The summed E-state index contributed by atoms with van der Waals surface area (Å²) in [6, 6.07) is 4.88. The van der Waals surface area contributed by atoms with Gasteiger partial charge in [0.15, 0.2) is 0 Å². The van der Waals surface area contributed by atoms with E-state index in [1.807, 2.05) is 11.5 Å². The molecule has 0 saturated heterocycles. The standard InChI is InChI=1S/C14H18N2O4/c1-9-15-12-7-10(14(18)19)3-4-13(12)16(9)6-5-11(17)8-20-2/h3-4,7,11,17H,5-6,8H2,1-2H3,(H,18,19). The van der Waals surface area contributed by atoms with E-state index in [-0.39, 0.29) is 5.56 Å². The SMILES string of the molecule is COCC(O)CCn1c(C)nc2cc(C(=O)O)ccc21. The molecule has 1 heterocycles. The molecule has 0 bridgehead atoms. The van der Waals surface area contributed by atoms with Crippen molar-refractivity contribution >= 4 is 17.0 Å². The minimum Gasteiger partial charge on any atom is -0.478 e. The van der Waals surface area contributed by atoms with Crippen molar-refractivity contribution in [3.05, 3.63) is 29.6 Å². The fourth-order valence-electron chi connectivity index (χ4n) is 2.22. The zero-order chi connectivity index (χ0) is 14.7. The number of carboxylic acid groups (broad SMARTS) is 1. The van der Waals surface area contributed by atoms with Gasteiger partial charge in [-0.1, -0.05) is 0 Å². The molecule has 0 aliphatic carbocycles. The van der Waals surface area contributed by atoms with Gasteiger partial charge in [-0.25, -0.2) is 9.78 Å². The summed E-state index contributed by atoms with van der Waals surface area (Å²) in [5, 5.41) is 18.7. The van der Waals surface area contributed by atoms with Gasteiger partial charge in [0.1, 0.15) is 5.82 Å². The molecule has 108 valence electrons. The lowest BCUT2D eigenvalue weighted by atomic mass is 10.2. The number of imidazole rings is 1. The van der Waals surface area contributed by atoms with Crippen molar-refractivity contribution in [2.24, 2.45) is 0 Å². The highest BCUT2D eigenvalue weighted by atomic mass is 16.5. The molecule has 0 fully saturated rings. The van der Waals surface area contributed by atoms with Crippen LogP contribution in [-0.2, 0) is 11.3 Å². The van der Waals surface area contributed by atoms with Gasteiger partial charge in [-0.3, -0.25) is 0 Å². The average molecular weight is 278 g/mol. The van der Waals surface area contributed by atoms with E-state index in [1.165, 1.54) is 0 Å². The number of methoxy groups -OCH3 is 1. The van der Waals surface area contributed by atoms with Crippen LogP contribution >= 0.6 is 0 Å². The van der Waals surface area contributed by atoms with Crippen molar-refractivity contribution in [1.82, 2.24) is 9.55 Å². The monoisotopic (exact) mass is 278 g/mol. The molecule has 0 aliphatic rings. The third kappa shape index (κ3) is 2.97. The zero-order valence-electron chi connectivity index (χ0n) is 11.5. The number of nitrogens with zero attached hydrogens (tertiary/aromatic N) is 2. The van der Waals surface area contributed by atoms with Gasteiger partial charge in [-0.15, -0.1) is 0 Å². The number of carboxylic acids is 1. The quantitative estimate of drug-likeness (QED) is 0.835. The van der Waals surface area contributed by atoms with E-state index in [0.29, 0.717) is 25.1 Å². The maximum atomic E-state index is 10.9. The molecule has 0 amide bonds. The number of aryl methyl sites for hydroxylation is 2. The normalized spacial score (nSPS) is 12.8. The molecular formula is C14H18N2O4. The van der Waals surface area contributed by atoms with Crippen LogP contribution < -0.4 is 0 Å². The summed E-state index contributed by atoms with van der Waals surface area (Å²) < 4.78 is 6.87. The first-order valence-corrected chi connectivity index (χ1v) is 6.40. The molecule has 0 radical (unpaired) electrons. The van der Waals surface area contributed by atoms with Gasteiger partial charge in [0.2, 0.25) is 0 Å². The number of hydrogen-bond acceptors (Lipinski definition) is 4. The highest BCUT2D eigenvalue weighted by Crippen LogP contribution is 2.18. The van der Waals surface area contributed by atoms with Crippen molar-refractivity contribution in [3.8, 4) is 0 Å². The molecule has 2 N–H and O–H groups in total. The molecule has 0 aliphatic heterocycles. The second kappa shape index (κ2) is 6.02. The van der Waals surface area contributed by atoms with Crippen LogP contribution in [-0.4, -0.2) is 45.6 Å². The Morgan fingerprint density at radius 1 is 1.50 bits per heavy atom. The van der Waals surface area contributed by atoms with Crippen LogP contribution in [0.5, 0.6) is 0 Å². The lowest BCUT2D eigenvalue weighted by molar-refractivity contribution is 0.0566. The lowest BCUT2D eigenvalue weighted by Crippen LogP contribution is -2.17. The highest BCUT2D eigenvalue weighted by Gasteiger charge is 2.12. The van der Waals surface area contributed by atoms with E-state index < -0.39 is 12.1 Å². The summed E-state index contributed by atoms with van der Waals surface area (Å²) in [7, 11) is 1.55. The van der Waals surface area contributed by atoms with Gasteiger partial charge in [0, 0.05) is 13.7 Å². The van der Waals surface area contributed by atoms with Crippen molar-refractivity contribution in [3.63, 3.8) is 0 Å². The predicted octanol–water partition coefficient (Wildman–Crippen LogP) is 1.44. The Morgan fingerprint density at radius 2 is 2.25 bits per heavy atom. The number of rotatable bonds is 6. The van der Waals surface area contributed by atoms with Crippen LogP contribution in [0.25, 0.3) is 11.0 Å². The molecule has 6 heteroatoms. The molecule has 1 aromatic carbocycles. The number of fused-ring (bicyclic) bond motifs is 1. The van der Waals surface area contributed by atoms with E-state index in [2.05, 4.69) is 4.98 Å². The van der Waals surface area contributed by atoms with Gasteiger partial charge in [0.05, 0.1) is 29.3 Å². The zero-order valence-corrected chi connectivity index (χ0v) is 11.5. The topological polar surface area (TPSA) is 84.6 Å². The van der Waals surface area contributed by atoms with Gasteiger partial charge in [-0.2, -0.15) is 0 Å². The van der Waals surface area contributed by atoms with E-state index >= 15 is 0 Å². The molecule has 1 atom stereocenters. The molecule has 1 aromatic heterocycles. The third-order valence-corrected chi connectivity index (χ3v) is 3.23. The second-order valence-corrected chi connectivity index (χ2v) is 4.72. The van der Waals surface area contributed by atoms with E-state index in [1.54, 1.807) is 25.3 Å². The second-order valence-electron chi connectivity index (χ2n) is 4.72. The summed E-state index contributed by atoms with van der Waals surface area (Å²) in [4.78, 5) is 15.3. The summed E-state index contributed by atoms with van der Waals surface area (Å²) >= 11 is 0. The molecule has 6 nitrogen and oxygen atoms in total. The largest absolute Gasteiger partial charge is 0.478 e. The van der Waals surface area contributed by atoms with Crippen LogP contribution in [0.2, 0.25) is 0 Å². The van der Waals surface area contributed by atoms with Crippen molar-refractivity contribution < 1.29 is 19.7 Å². The first-order valence-electron chi connectivity index (χ1n) is 6.40. The summed E-state index contributed by atoms with van der Waals surface area (Å²) in [5.41, 5.74) is 1.75. The number of ether oxygens (including phenoxy) is 1. The van der Waals surface area contributed by atoms with Crippen molar-refractivity contribution in [2.75, 3.05) is 13.7 Å². The predicted molar refractivity (Wildman–Crippen MR) is 73.9 cm³/mol. The van der Waals surface area contributed by atoms with Gasteiger partial charge < -0.3 is 19.5 Å². The molecule has 2 aromatic rings. The van der Waals surface area contributed by atoms with Gasteiger partial charge in [0.25, 0.3) is 0 Å². The lowest BCUT2D eigenvalue weighted by Gasteiger charge is -2.11. The number of carbonyl (C=O) groups is 1. The third-order valence-electron chi connectivity index (χ3n) is 3.23. The highest BCUT2D eigenvalue weighted by molar-refractivity contribution is 5.92. The van der Waals surface area contributed by atoms with Gasteiger partial charge >= 0.3 is 5.97 Å². The Hall–Kier alpha value is -1.92. The number of benzene rings is 1. The Balaban J connectivity index is 2.25. The molecule has 0 spiro atoms. The average Bonchev–Trinajstić information content (AvgIpc) is 2.71. The Kier molecular flexibility index (Phi) is 4.36. The van der Waals surface area contributed by atoms with E-state index in [4.69, 9.17) is 9.84 Å². The van der Waals surface area contributed by atoms with E-state index in [9.17, 15) is 9.90 Å². The molecule has 20 heavy (non-hydrogen) atoms. The van der Waals surface area contributed by atoms with Crippen molar-refractivity contribution in [2.45, 2.75) is 26.0 Å². The fourth-order valence-corrected chi connectivity index (χ4v) is 2.22. The van der Waals surface area contributed by atoms with Crippen LogP contribution in [0, 0.1) is 6.92 Å². The van der Waals surface area contributed by atoms with Crippen LogP contribution in [0.4, 0.5) is 0 Å². The maximum Gasteiger partial charge on any atom is 0.335 e. The summed E-state index contributed by atoms with van der Waals surface area (Å²) in [5.74, 6) is -0.165. The molecule has 0 saturated carbocycles. The van der Waals surface area contributed by atoms with Crippen LogP contribution in [0.3, 0.4) is 0 Å². The molecule has 1 unspecified atom stereocenters. The summed E-state index contributed by atoms with van der Waals surface area (Å²) in [6.07, 6.45) is 0.0380. The van der Waals surface area contributed by atoms with Gasteiger partial charge in [-0.05, 0) is 31.5 Å². The maximum absolute atomic E-state index is 10.9. The van der Waals surface area contributed by atoms with E-state index in [0.717, 1.165) is 11.3 Å². The number of aromatic carboxylic acids is 1. The molecular weight excluding hydrogens is 260 g/mol. The van der Waals surface area contributed by atoms with Crippen LogP contribution in [0.1, 0.15) is 22.6 Å². The fraction of sp³-hybridized carbons (Fsp3) is 0.429. The Bertz CT molecular complexity index is 621. The minimum atomic E-state index is -0.963. The number of aliphatic hydroxyl groups is 1.